The van der Waals surface area contributed by atoms with Crippen molar-refractivity contribution >= 4 is 0 Å². The van der Waals surface area contributed by atoms with E-state index in [0.29, 0.717) is 78.8 Å². The number of rotatable bonds is 16. The van der Waals surface area contributed by atoms with Crippen molar-refractivity contribution in [2.24, 2.45) is 23.7 Å². The minimum Gasteiger partial charge on any atom is -0.380 e. The zero-order chi connectivity index (χ0) is 21.9. The van der Waals surface area contributed by atoms with Crippen molar-refractivity contribution < 1.29 is 18.9 Å². The number of nitrogens with zero attached hydrogens (tertiary/aromatic N) is 4. The number of hydrogen-bond acceptors (Lipinski definition) is 6. The maximum Gasteiger partial charge on any atom is 0.237 e. The zero-order valence-corrected chi connectivity index (χ0v) is 17.6. The molecule has 4 atom stereocenters. The lowest BCUT2D eigenvalue weighted by Gasteiger charge is -2.41. The van der Waals surface area contributed by atoms with Gasteiger partial charge in [-0.15, -0.1) is 0 Å². The fraction of sp³-hybridized carbons (Fsp3) is 0.818. The first-order chi connectivity index (χ1) is 14.8. The molecule has 0 aromatic heterocycles. The Morgan fingerprint density at radius 2 is 0.967 bits per heavy atom. The molecule has 8 nitrogen and oxygen atoms in total. The third-order valence-electron chi connectivity index (χ3n) is 5.28. The summed E-state index contributed by atoms with van der Waals surface area (Å²) in [5, 5.41) is 17.4. The minimum absolute atomic E-state index is 0.278. The molecule has 4 unspecified atom stereocenters. The van der Waals surface area contributed by atoms with Crippen molar-refractivity contribution in [3.63, 3.8) is 0 Å². The summed E-state index contributed by atoms with van der Waals surface area (Å²) in [6.45, 7) is 18.5. The van der Waals surface area contributed by atoms with Gasteiger partial charge in [0.2, 0.25) is 13.1 Å². The van der Waals surface area contributed by atoms with Crippen molar-refractivity contribution in [3.05, 3.63) is 22.8 Å². The van der Waals surface area contributed by atoms with Crippen LogP contribution in [0.2, 0.25) is 0 Å². The predicted octanol–water partition coefficient (Wildman–Crippen LogP) is 2.98. The van der Waals surface area contributed by atoms with Crippen LogP contribution in [0.15, 0.2) is 0 Å². The summed E-state index contributed by atoms with van der Waals surface area (Å²) in [6, 6.07) is 4.18. The Kier molecular flexibility index (Phi) is 15.2. The van der Waals surface area contributed by atoms with Gasteiger partial charge >= 0.3 is 0 Å². The Morgan fingerprint density at radius 3 is 1.27 bits per heavy atom. The lowest BCUT2D eigenvalue weighted by molar-refractivity contribution is -0.0529. The van der Waals surface area contributed by atoms with Crippen molar-refractivity contribution in [1.82, 2.24) is 0 Å². The molecule has 1 fully saturated rings. The fourth-order valence-electron chi connectivity index (χ4n) is 3.76. The van der Waals surface area contributed by atoms with E-state index in [0.717, 1.165) is 12.8 Å². The zero-order valence-electron chi connectivity index (χ0n) is 17.6. The van der Waals surface area contributed by atoms with Crippen LogP contribution >= 0.6 is 0 Å². The molecule has 0 aromatic carbocycles. The fourth-order valence-corrected chi connectivity index (χ4v) is 3.76. The maximum atomic E-state index is 8.71. The molecule has 30 heavy (non-hydrogen) atoms. The van der Waals surface area contributed by atoms with Gasteiger partial charge in [0.25, 0.3) is 0 Å². The van der Waals surface area contributed by atoms with E-state index >= 15 is 0 Å². The molecule has 0 aromatic rings. The highest BCUT2D eigenvalue weighted by atomic mass is 16.5. The first-order valence-corrected chi connectivity index (χ1v) is 10.5. The van der Waals surface area contributed by atoms with Gasteiger partial charge < -0.3 is 28.6 Å². The standard InChI is InChI=1S/C22H32N4O4/c1-25-7-11-29-17-21-13-19(15-27-9-3-5-23)20(16-28-10-4-6-24)14-22(21)18-30-12-8-26-2/h19-22H,3-4,7-18H2. The van der Waals surface area contributed by atoms with Gasteiger partial charge in [0.1, 0.15) is 13.2 Å². The van der Waals surface area contributed by atoms with E-state index in [1.54, 1.807) is 0 Å². The van der Waals surface area contributed by atoms with E-state index in [1.807, 2.05) is 0 Å². The van der Waals surface area contributed by atoms with Crippen LogP contribution < -0.4 is 0 Å². The van der Waals surface area contributed by atoms with Crippen molar-refractivity contribution in [2.75, 3.05) is 65.9 Å². The van der Waals surface area contributed by atoms with Crippen LogP contribution in [0.25, 0.3) is 9.69 Å². The van der Waals surface area contributed by atoms with Crippen molar-refractivity contribution in [2.45, 2.75) is 25.7 Å². The summed E-state index contributed by atoms with van der Waals surface area (Å²) in [5.74, 6) is 1.12. The second-order valence-corrected chi connectivity index (χ2v) is 7.39. The summed E-state index contributed by atoms with van der Waals surface area (Å²) in [7, 11) is 0. The lowest BCUT2D eigenvalue weighted by Crippen LogP contribution is -2.40. The van der Waals surface area contributed by atoms with Gasteiger partial charge in [-0.2, -0.15) is 10.5 Å². The van der Waals surface area contributed by atoms with Gasteiger partial charge in [-0.3, -0.25) is 0 Å². The molecule has 164 valence electrons. The van der Waals surface area contributed by atoms with Gasteiger partial charge in [-0.25, -0.2) is 13.1 Å². The SMILES string of the molecule is [C-]#[N+]CCOCC1CC(COCCC#N)C(COCCC#N)CC1COCC[N+]#[C-]. The molecular formula is C22H32N4O4. The van der Waals surface area contributed by atoms with E-state index in [2.05, 4.69) is 21.8 Å². The van der Waals surface area contributed by atoms with Crippen molar-refractivity contribution in [3.8, 4) is 12.1 Å². The Labute approximate surface area is 180 Å². The minimum atomic E-state index is 0.278. The topological polar surface area (TPSA) is 93.2 Å². The monoisotopic (exact) mass is 416 g/mol. The molecule has 1 aliphatic carbocycles. The molecule has 0 heterocycles. The smallest absolute Gasteiger partial charge is 0.237 e. The summed E-state index contributed by atoms with van der Waals surface area (Å²) >= 11 is 0. The maximum absolute atomic E-state index is 8.71. The molecule has 8 heteroatoms. The highest BCUT2D eigenvalue weighted by Crippen LogP contribution is 2.39. The summed E-state index contributed by atoms with van der Waals surface area (Å²) in [6.07, 6.45) is 2.54. The molecule has 0 radical (unpaired) electrons. The first-order valence-electron chi connectivity index (χ1n) is 10.5. The molecule has 0 bridgehead atoms. The highest BCUT2D eigenvalue weighted by Gasteiger charge is 2.37. The van der Waals surface area contributed by atoms with Crippen molar-refractivity contribution in [1.29, 1.82) is 10.5 Å². The second-order valence-electron chi connectivity index (χ2n) is 7.39. The lowest BCUT2D eigenvalue weighted by atomic mass is 9.69. The molecule has 0 aliphatic heterocycles. The Balaban J connectivity index is 2.71. The van der Waals surface area contributed by atoms with Crippen LogP contribution in [0.4, 0.5) is 0 Å². The summed E-state index contributed by atoms with van der Waals surface area (Å²) in [4.78, 5) is 6.66. The van der Waals surface area contributed by atoms with Gasteiger partial charge in [-0.05, 0) is 36.5 Å². The van der Waals surface area contributed by atoms with Crippen LogP contribution in [0.5, 0.6) is 0 Å². The van der Waals surface area contributed by atoms with E-state index in [-0.39, 0.29) is 23.7 Å². The second kappa shape index (κ2) is 17.6. The molecule has 1 aliphatic rings. The third-order valence-corrected chi connectivity index (χ3v) is 5.28. The normalized spacial score (nSPS) is 23.1. The summed E-state index contributed by atoms with van der Waals surface area (Å²) < 4.78 is 23.0. The van der Waals surface area contributed by atoms with Crippen LogP contribution in [-0.4, -0.2) is 65.9 Å². The Bertz CT molecular complexity index is 511. The van der Waals surface area contributed by atoms with E-state index < -0.39 is 0 Å². The summed E-state index contributed by atoms with van der Waals surface area (Å²) in [5.41, 5.74) is 0. The van der Waals surface area contributed by atoms with Crippen LogP contribution in [0.3, 0.4) is 0 Å². The third kappa shape index (κ3) is 11.1. The number of nitriles is 2. The van der Waals surface area contributed by atoms with Gasteiger partial charge in [-0.1, -0.05) is 0 Å². The molecule has 0 saturated heterocycles. The average Bonchev–Trinajstić information content (AvgIpc) is 2.76. The number of ether oxygens (including phenoxy) is 4. The highest BCUT2D eigenvalue weighted by molar-refractivity contribution is 4.86. The first kappa shape index (κ1) is 25.8. The Morgan fingerprint density at radius 1 is 0.633 bits per heavy atom. The number of hydrogen-bond donors (Lipinski definition) is 0. The quantitative estimate of drug-likeness (QED) is 0.284. The van der Waals surface area contributed by atoms with Crippen LogP contribution in [0.1, 0.15) is 25.7 Å². The van der Waals surface area contributed by atoms with Crippen LogP contribution in [-0.2, 0) is 18.9 Å². The average molecular weight is 417 g/mol. The van der Waals surface area contributed by atoms with Gasteiger partial charge in [0, 0.05) is 13.2 Å². The largest absolute Gasteiger partial charge is 0.380 e. The predicted molar refractivity (Wildman–Crippen MR) is 110 cm³/mol. The van der Waals surface area contributed by atoms with E-state index in [4.69, 9.17) is 42.6 Å². The molecule has 0 N–H and O–H groups in total. The van der Waals surface area contributed by atoms with Crippen LogP contribution in [0, 0.1) is 59.5 Å². The molecule has 0 spiro atoms. The van der Waals surface area contributed by atoms with Gasteiger partial charge in [0.15, 0.2) is 0 Å². The van der Waals surface area contributed by atoms with Gasteiger partial charge in [0.05, 0.1) is 51.4 Å². The van der Waals surface area contributed by atoms with E-state index in [1.165, 1.54) is 0 Å². The molecule has 0 amide bonds. The molecule has 1 rings (SSSR count). The van der Waals surface area contributed by atoms with E-state index in [9.17, 15) is 0 Å². The molecular weight excluding hydrogens is 384 g/mol. The molecule has 1 saturated carbocycles. The Hall–Kier alpha value is -2.20.